The number of fused-ring (bicyclic) bond motifs is 1. The molecule has 0 aliphatic rings. The molecule has 0 bridgehead atoms. The Labute approximate surface area is 119 Å². The van der Waals surface area contributed by atoms with Crippen LogP contribution in [0.5, 0.6) is 11.5 Å². The second-order valence-corrected chi connectivity index (χ2v) is 3.82. The summed E-state index contributed by atoms with van der Waals surface area (Å²) in [5.74, 6) is 0.927. The molecule has 0 fully saturated rings. The van der Waals surface area contributed by atoms with Gasteiger partial charge in [-0.2, -0.15) is 0 Å². The summed E-state index contributed by atoms with van der Waals surface area (Å²) in [7, 11) is 2.97. The molecule has 0 spiro atoms. The second kappa shape index (κ2) is 5.90. The van der Waals surface area contributed by atoms with Crippen molar-refractivity contribution in [3.05, 3.63) is 33.5 Å². The van der Waals surface area contributed by atoms with Crippen LogP contribution in [0.3, 0.4) is 0 Å². The molecule has 8 heteroatoms. The van der Waals surface area contributed by atoms with Crippen molar-refractivity contribution in [2.24, 2.45) is 0 Å². The van der Waals surface area contributed by atoms with E-state index in [-0.39, 0.29) is 23.1 Å². The third kappa shape index (κ3) is 2.64. The lowest BCUT2D eigenvalue weighted by Gasteiger charge is -2.09. The number of hydrogen-bond donors (Lipinski definition) is 0. The Morgan fingerprint density at radius 3 is 2.37 bits per heavy atom. The van der Waals surface area contributed by atoms with Crippen LogP contribution in [0.4, 0.5) is 5.69 Å². The van der Waals surface area contributed by atoms with Gasteiger partial charge in [-0.15, -0.1) is 12.4 Å². The fraction of sp³-hybridized carbons (Fsp3) is 0.182. The van der Waals surface area contributed by atoms with Gasteiger partial charge in [-0.1, -0.05) is 11.6 Å². The van der Waals surface area contributed by atoms with Crippen LogP contribution in [0.1, 0.15) is 0 Å². The summed E-state index contributed by atoms with van der Waals surface area (Å²) in [5, 5.41) is 11.2. The summed E-state index contributed by atoms with van der Waals surface area (Å²) in [5.41, 5.74) is 0.264. The average Bonchev–Trinajstić information content (AvgIpc) is 2.37. The number of aromatic nitrogens is 1. The van der Waals surface area contributed by atoms with E-state index in [2.05, 4.69) is 4.98 Å². The molecule has 0 radical (unpaired) electrons. The van der Waals surface area contributed by atoms with E-state index in [1.54, 1.807) is 12.1 Å². The zero-order valence-electron chi connectivity index (χ0n) is 10.0. The molecule has 0 saturated carbocycles. The molecule has 1 aromatic carbocycles. The molecule has 2 aromatic rings. The van der Waals surface area contributed by atoms with E-state index < -0.39 is 4.92 Å². The SMILES string of the molecule is COc1cc2ncc([N+](=O)[O-])c(Cl)c2cc1OC.Cl. The highest BCUT2D eigenvalue weighted by Gasteiger charge is 2.18. The summed E-state index contributed by atoms with van der Waals surface area (Å²) >= 11 is 5.98. The fourth-order valence-electron chi connectivity index (χ4n) is 1.60. The highest BCUT2D eigenvalue weighted by Crippen LogP contribution is 2.37. The van der Waals surface area contributed by atoms with Gasteiger partial charge in [0.25, 0.3) is 0 Å². The van der Waals surface area contributed by atoms with Gasteiger partial charge in [-0.3, -0.25) is 10.1 Å². The number of ether oxygens (including phenoxy) is 2. The Kier molecular flexibility index (Phi) is 4.74. The zero-order valence-corrected chi connectivity index (χ0v) is 11.6. The largest absolute Gasteiger partial charge is 0.493 e. The molecule has 0 aliphatic heterocycles. The maximum absolute atomic E-state index is 10.8. The lowest BCUT2D eigenvalue weighted by Crippen LogP contribution is -1.94. The van der Waals surface area contributed by atoms with E-state index >= 15 is 0 Å². The summed E-state index contributed by atoms with van der Waals surface area (Å²) in [6, 6.07) is 3.18. The van der Waals surface area contributed by atoms with Gasteiger partial charge in [0, 0.05) is 11.5 Å². The number of halogens is 2. The number of nitrogens with zero attached hydrogens (tertiary/aromatic N) is 2. The quantitative estimate of drug-likeness (QED) is 0.643. The standard InChI is InChI=1S/C11H9ClN2O4.ClH/c1-17-9-3-6-7(4-10(9)18-2)13-5-8(11(6)12)14(15)16;/h3-5H,1-2H3;1H. The van der Waals surface area contributed by atoms with Crippen molar-refractivity contribution in [2.45, 2.75) is 0 Å². The molecule has 1 heterocycles. The van der Waals surface area contributed by atoms with Gasteiger partial charge in [0.2, 0.25) is 0 Å². The van der Waals surface area contributed by atoms with Gasteiger partial charge in [0.15, 0.2) is 11.5 Å². The minimum Gasteiger partial charge on any atom is -0.493 e. The van der Waals surface area contributed by atoms with Crippen LogP contribution in [0.25, 0.3) is 10.9 Å². The molecule has 0 saturated heterocycles. The summed E-state index contributed by atoms with van der Waals surface area (Å²) in [4.78, 5) is 14.2. The molecule has 102 valence electrons. The summed E-state index contributed by atoms with van der Waals surface area (Å²) in [6.07, 6.45) is 1.12. The Hall–Kier alpha value is -1.79. The fourth-order valence-corrected chi connectivity index (χ4v) is 1.87. The Morgan fingerprint density at radius 2 is 1.84 bits per heavy atom. The van der Waals surface area contributed by atoms with Crippen LogP contribution in [0, 0.1) is 10.1 Å². The number of rotatable bonds is 3. The number of pyridine rings is 1. The van der Waals surface area contributed by atoms with Crippen molar-refractivity contribution >= 4 is 40.6 Å². The van der Waals surface area contributed by atoms with Gasteiger partial charge in [-0.05, 0) is 6.07 Å². The Morgan fingerprint density at radius 1 is 1.26 bits per heavy atom. The molecule has 0 N–H and O–H groups in total. The summed E-state index contributed by atoms with van der Waals surface area (Å²) in [6.45, 7) is 0. The predicted molar refractivity (Wildman–Crippen MR) is 73.8 cm³/mol. The van der Waals surface area contributed by atoms with Crippen molar-refractivity contribution in [1.82, 2.24) is 4.98 Å². The van der Waals surface area contributed by atoms with Crippen molar-refractivity contribution in [2.75, 3.05) is 14.2 Å². The second-order valence-electron chi connectivity index (χ2n) is 3.44. The van der Waals surface area contributed by atoms with Gasteiger partial charge in [0.05, 0.1) is 24.7 Å². The van der Waals surface area contributed by atoms with Crippen LogP contribution in [-0.4, -0.2) is 24.1 Å². The Balaban J connectivity index is 0.00000180. The van der Waals surface area contributed by atoms with Crippen molar-refractivity contribution < 1.29 is 14.4 Å². The van der Waals surface area contributed by atoms with E-state index in [0.29, 0.717) is 22.4 Å². The minimum atomic E-state index is -0.578. The molecular weight excluding hydrogens is 295 g/mol. The van der Waals surface area contributed by atoms with Crippen LogP contribution in [0.15, 0.2) is 18.3 Å². The molecule has 0 atom stereocenters. The average molecular weight is 305 g/mol. The molecule has 6 nitrogen and oxygen atoms in total. The number of hydrogen-bond acceptors (Lipinski definition) is 5. The molecule has 0 amide bonds. The number of nitro groups is 1. The van der Waals surface area contributed by atoms with Gasteiger partial charge < -0.3 is 9.47 Å². The lowest BCUT2D eigenvalue weighted by molar-refractivity contribution is -0.384. The van der Waals surface area contributed by atoms with E-state index in [1.165, 1.54) is 14.2 Å². The topological polar surface area (TPSA) is 74.5 Å². The number of methoxy groups -OCH3 is 2. The first-order valence-electron chi connectivity index (χ1n) is 4.93. The predicted octanol–water partition coefficient (Wildman–Crippen LogP) is 3.24. The normalized spacial score (nSPS) is 9.84. The van der Waals surface area contributed by atoms with Crippen molar-refractivity contribution in [3.63, 3.8) is 0 Å². The third-order valence-electron chi connectivity index (χ3n) is 2.49. The van der Waals surface area contributed by atoms with Crippen LogP contribution >= 0.6 is 24.0 Å². The first-order valence-corrected chi connectivity index (χ1v) is 5.31. The van der Waals surface area contributed by atoms with E-state index in [0.717, 1.165) is 6.20 Å². The summed E-state index contributed by atoms with van der Waals surface area (Å²) < 4.78 is 10.2. The van der Waals surface area contributed by atoms with E-state index in [9.17, 15) is 10.1 Å². The van der Waals surface area contributed by atoms with Crippen molar-refractivity contribution in [3.8, 4) is 11.5 Å². The smallest absolute Gasteiger partial charge is 0.306 e. The molecule has 2 rings (SSSR count). The third-order valence-corrected chi connectivity index (χ3v) is 2.88. The first kappa shape index (κ1) is 15.3. The van der Waals surface area contributed by atoms with Crippen LogP contribution < -0.4 is 9.47 Å². The highest BCUT2D eigenvalue weighted by molar-refractivity contribution is 6.37. The monoisotopic (exact) mass is 304 g/mol. The van der Waals surface area contributed by atoms with Gasteiger partial charge in [0.1, 0.15) is 11.2 Å². The Bertz CT molecular complexity index is 634. The zero-order chi connectivity index (χ0) is 13.3. The van der Waals surface area contributed by atoms with Gasteiger partial charge in [-0.25, -0.2) is 4.98 Å². The molecular formula is C11H10Cl2N2O4. The van der Waals surface area contributed by atoms with E-state index in [1.807, 2.05) is 0 Å². The molecule has 0 unspecified atom stereocenters. The van der Waals surface area contributed by atoms with Gasteiger partial charge >= 0.3 is 5.69 Å². The maximum atomic E-state index is 10.8. The lowest BCUT2D eigenvalue weighted by atomic mass is 10.2. The van der Waals surface area contributed by atoms with Crippen molar-refractivity contribution in [1.29, 1.82) is 0 Å². The van der Waals surface area contributed by atoms with Crippen LogP contribution in [0.2, 0.25) is 5.02 Å². The maximum Gasteiger partial charge on any atom is 0.306 e. The van der Waals surface area contributed by atoms with Crippen LogP contribution in [-0.2, 0) is 0 Å². The molecule has 0 aliphatic carbocycles. The number of benzene rings is 1. The molecule has 19 heavy (non-hydrogen) atoms. The van der Waals surface area contributed by atoms with E-state index in [4.69, 9.17) is 21.1 Å². The minimum absolute atomic E-state index is 0. The molecule has 1 aromatic heterocycles. The first-order chi connectivity index (χ1) is 8.58. The highest BCUT2D eigenvalue weighted by atomic mass is 35.5.